The molecule has 1 aromatic heterocycles. The van der Waals surface area contributed by atoms with Crippen LogP contribution in [-0.2, 0) is 39.6 Å². The number of rotatable bonds is 12. The van der Waals surface area contributed by atoms with Crippen molar-refractivity contribution in [1.29, 1.82) is 0 Å². The van der Waals surface area contributed by atoms with Gasteiger partial charge in [0.25, 0.3) is 11.9 Å². The Bertz CT molecular complexity index is 1220. The van der Waals surface area contributed by atoms with Crippen LogP contribution in [0.1, 0.15) is 49.2 Å². The molecular formula is C26H31BN4O9. The van der Waals surface area contributed by atoms with Gasteiger partial charge in [-0.3, -0.25) is 24.2 Å². The molecule has 13 nitrogen and oxygen atoms in total. The van der Waals surface area contributed by atoms with Gasteiger partial charge in [0.05, 0.1) is 32.1 Å². The molecule has 2 amide bonds. The molecule has 0 saturated carbocycles. The Morgan fingerprint density at radius 3 is 2.48 bits per heavy atom. The third kappa shape index (κ3) is 8.09. The van der Waals surface area contributed by atoms with Crippen LogP contribution in [0.2, 0.25) is 0 Å². The van der Waals surface area contributed by atoms with Gasteiger partial charge in [-0.15, -0.1) is 0 Å². The fourth-order valence-electron chi connectivity index (χ4n) is 4.20. The monoisotopic (exact) mass is 554 g/mol. The minimum Gasteiger partial charge on any atom is -0.508 e. The molecule has 1 unspecified atom stereocenters. The third-order valence-electron chi connectivity index (χ3n) is 6.15. The average Bonchev–Trinajstić information content (AvgIpc) is 2.92. The number of nitrogens with zero attached hydrogens (tertiary/aromatic N) is 2. The summed E-state index contributed by atoms with van der Waals surface area (Å²) in [5.74, 6) is -5.70. The average molecular weight is 554 g/mol. The van der Waals surface area contributed by atoms with Crippen molar-refractivity contribution in [1.82, 2.24) is 20.6 Å². The Hall–Kier alpha value is -4.33. The molecule has 2 heterocycles. The van der Waals surface area contributed by atoms with Crippen LogP contribution in [0.25, 0.3) is 0 Å². The predicted molar refractivity (Wildman–Crippen MR) is 139 cm³/mol. The van der Waals surface area contributed by atoms with Crippen molar-refractivity contribution in [3.63, 3.8) is 0 Å². The number of carboxylic acids is 1. The highest BCUT2D eigenvalue weighted by atomic mass is 16.7. The largest absolute Gasteiger partial charge is 0.552 e. The van der Waals surface area contributed by atoms with Crippen LogP contribution >= 0.6 is 0 Å². The number of aromatic nitrogens is 2. The van der Waals surface area contributed by atoms with E-state index in [4.69, 9.17) is 9.31 Å². The van der Waals surface area contributed by atoms with Gasteiger partial charge in [-0.05, 0) is 17.9 Å². The molecule has 1 aliphatic heterocycles. The van der Waals surface area contributed by atoms with Crippen LogP contribution in [0.3, 0.4) is 0 Å². The lowest BCUT2D eigenvalue weighted by Gasteiger charge is -2.38. The molecule has 3 rings (SSSR count). The lowest BCUT2D eigenvalue weighted by Crippen LogP contribution is -2.63. The van der Waals surface area contributed by atoms with E-state index in [1.54, 1.807) is 24.3 Å². The van der Waals surface area contributed by atoms with E-state index in [1.165, 1.54) is 18.6 Å². The molecule has 14 heteroatoms. The van der Waals surface area contributed by atoms with Gasteiger partial charge in [0.1, 0.15) is 11.7 Å². The topological polar surface area (TPSA) is 183 Å². The minimum absolute atomic E-state index is 0.00527. The third-order valence-corrected chi connectivity index (χ3v) is 6.15. The number of hydrogen-bond acceptors (Lipinski definition) is 10. The van der Waals surface area contributed by atoms with Crippen molar-refractivity contribution in [2.75, 3.05) is 7.11 Å². The predicted octanol–water partition coefficient (Wildman–Crippen LogP) is 0.726. The van der Waals surface area contributed by atoms with Crippen LogP contribution in [0, 0.1) is 5.92 Å². The number of carbonyl (C=O) groups is 5. The molecule has 2 aromatic rings. The van der Waals surface area contributed by atoms with Gasteiger partial charge in [-0.1, -0.05) is 44.2 Å². The Morgan fingerprint density at radius 1 is 1.15 bits per heavy atom. The Labute approximate surface area is 231 Å². The van der Waals surface area contributed by atoms with Crippen LogP contribution in [-0.4, -0.2) is 76.6 Å². The zero-order valence-electron chi connectivity index (χ0n) is 22.4. The van der Waals surface area contributed by atoms with E-state index in [1.807, 2.05) is 19.9 Å². The summed E-state index contributed by atoms with van der Waals surface area (Å²) >= 11 is 0. The fourth-order valence-corrected chi connectivity index (χ4v) is 4.20. The number of hydrogen-bond donors (Lipinski definition) is 3. The number of methoxy groups -OCH3 is 1. The second-order valence-corrected chi connectivity index (χ2v) is 9.76. The first-order chi connectivity index (χ1) is 19.0. The molecule has 0 radical (unpaired) electrons. The Balaban J connectivity index is 1.88. The van der Waals surface area contributed by atoms with Gasteiger partial charge in [-0.25, -0.2) is 9.78 Å². The van der Waals surface area contributed by atoms with Crippen molar-refractivity contribution in [3.05, 3.63) is 60.2 Å². The summed E-state index contributed by atoms with van der Waals surface area (Å²) in [6.07, 6.45) is 2.88. The van der Waals surface area contributed by atoms with E-state index in [0.29, 0.717) is 0 Å². The van der Waals surface area contributed by atoms with Crippen molar-refractivity contribution in [3.8, 4) is 0 Å². The lowest BCUT2D eigenvalue weighted by atomic mass is 9.70. The van der Waals surface area contributed by atoms with Gasteiger partial charge in [0.2, 0.25) is 5.91 Å². The number of esters is 1. The molecule has 212 valence electrons. The first-order valence-electron chi connectivity index (χ1n) is 12.6. The van der Waals surface area contributed by atoms with E-state index in [9.17, 15) is 29.1 Å². The van der Waals surface area contributed by atoms with Gasteiger partial charge in [0, 0.05) is 18.8 Å². The van der Waals surface area contributed by atoms with E-state index in [0.717, 1.165) is 12.7 Å². The molecule has 1 saturated heterocycles. The van der Waals surface area contributed by atoms with Gasteiger partial charge in [0.15, 0.2) is 5.60 Å². The SMILES string of the molecule is COC(=O)C[C@@]1(C(=O)O)CC(=O)OB([C@H](CC(C)C)NC(=O)C(Cc2ccccc2)NC(=O)c2cnccn2)O1. The second kappa shape index (κ2) is 13.6. The number of nitrogens with one attached hydrogen (secondary N) is 2. The summed E-state index contributed by atoms with van der Waals surface area (Å²) in [4.78, 5) is 71.0. The van der Waals surface area contributed by atoms with Gasteiger partial charge >= 0.3 is 19.1 Å². The molecular weight excluding hydrogens is 523 g/mol. The maximum atomic E-state index is 13.6. The van der Waals surface area contributed by atoms with E-state index in [-0.39, 0.29) is 24.5 Å². The van der Waals surface area contributed by atoms with Crippen molar-refractivity contribution < 1.29 is 43.1 Å². The van der Waals surface area contributed by atoms with Crippen molar-refractivity contribution in [2.24, 2.45) is 5.92 Å². The molecule has 0 spiro atoms. The molecule has 40 heavy (non-hydrogen) atoms. The molecule has 1 aromatic carbocycles. The Morgan fingerprint density at radius 2 is 1.88 bits per heavy atom. The molecule has 1 fully saturated rings. The van der Waals surface area contributed by atoms with E-state index in [2.05, 4.69) is 25.3 Å². The number of aliphatic carboxylic acids is 1. The molecule has 0 aliphatic carbocycles. The number of benzene rings is 1. The molecule has 3 N–H and O–H groups in total. The summed E-state index contributed by atoms with van der Waals surface area (Å²) < 4.78 is 15.6. The van der Waals surface area contributed by atoms with E-state index >= 15 is 0 Å². The van der Waals surface area contributed by atoms with Gasteiger partial charge in [-0.2, -0.15) is 0 Å². The minimum atomic E-state index is -2.24. The fraction of sp³-hybridized carbons (Fsp3) is 0.423. The smallest absolute Gasteiger partial charge is 0.508 e. The molecule has 0 bridgehead atoms. The number of carboxylic acid groups (broad SMARTS) is 1. The highest BCUT2D eigenvalue weighted by Gasteiger charge is 2.55. The molecule has 3 atom stereocenters. The highest BCUT2D eigenvalue weighted by molar-refractivity contribution is 6.50. The maximum Gasteiger partial charge on any atom is 0.552 e. The first kappa shape index (κ1) is 30.2. The summed E-state index contributed by atoms with van der Waals surface area (Å²) in [6.45, 7) is 3.69. The number of carbonyl (C=O) groups excluding carboxylic acids is 4. The number of ether oxygens (including phenoxy) is 1. The summed E-state index contributed by atoms with van der Waals surface area (Å²) in [5.41, 5.74) is -1.48. The van der Waals surface area contributed by atoms with Crippen LogP contribution in [0.4, 0.5) is 0 Å². The van der Waals surface area contributed by atoms with Crippen LogP contribution < -0.4 is 10.6 Å². The first-order valence-corrected chi connectivity index (χ1v) is 12.6. The summed E-state index contributed by atoms with van der Waals surface area (Å²) in [7, 11) is -0.443. The van der Waals surface area contributed by atoms with E-state index < -0.39 is 67.3 Å². The normalized spacial score (nSPS) is 18.3. The quantitative estimate of drug-likeness (QED) is 0.248. The zero-order chi connectivity index (χ0) is 29.3. The van der Waals surface area contributed by atoms with Crippen molar-refractivity contribution in [2.45, 2.75) is 57.1 Å². The molecule has 1 aliphatic rings. The summed E-state index contributed by atoms with van der Waals surface area (Å²) in [6, 6.07) is 7.88. The summed E-state index contributed by atoms with van der Waals surface area (Å²) in [5, 5.41) is 15.3. The number of amides is 2. The second-order valence-electron chi connectivity index (χ2n) is 9.76. The van der Waals surface area contributed by atoms with Gasteiger partial charge < -0.3 is 29.8 Å². The van der Waals surface area contributed by atoms with Crippen LogP contribution in [0.5, 0.6) is 0 Å². The Kier molecular flexibility index (Phi) is 10.3. The lowest BCUT2D eigenvalue weighted by molar-refractivity contribution is -0.175. The standard InChI is InChI=1S/C26H31BN4O9/c1-16(2)11-20(27-39-22(33)14-26(40-27,25(36)37)13-21(32)38-3)31-23(34)18(12-17-7-5-4-6-8-17)30-24(35)19-15-28-9-10-29-19/h4-10,15-16,18,20H,11-14H2,1-3H3,(H,30,35)(H,31,34)(H,36,37)/t18?,20-,26-/m0/s1. The van der Waals surface area contributed by atoms with Crippen LogP contribution in [0.15, 0.2) is 48.9 Å². The highest BCUT2D eigenvalue weighted by Crippen LogP contribution is 2.30. The zero-order valence-corrected chi connectivity index (χ0v) is 22.4. The van der Waals surface area contributed by atoms with Crippen molar-refractivity contribution >= 4 is 36.8 Å². The maximum absolute atomic E-state index is 13.6.